The van der Waals surface area contributed by atoms with E-state index in [4.69, 9.17) is 22.4 Å². The molecule has 1 aromatic carbocycles. The SMILES string of the molecule is Nc1ncc(C(=O)Nc2cccc(CO)c2)cc1Cl. The molecule has 19 heavy (non-hydrogen) atoms. The van der Waals surface area contributed by atoms with E-state index in [1.807, 2.05) is 0 Å². The number of carbonyl (C=O) groups is 1. The van der Waals surface area contributed by atoms with Gasteiger partial charge in [0.1, 0.15) is 5.82 Å². The number of hydrogen-bond donors (Lipinski definition) is 3. The Kier molecular flexibility index (Phi) is 3.99. The van der Waals surface area contributed by atoms with Crippen molar-refractivity contribution < 1.29 is 9.90 Å². The molecule has 2 aromatic rings. The van der Waals surface area contributed by atoms with E-state index >= 15 is 0 Å². The van der Waals surface area contributed by atoms with E-state index in [1.54, 1.807) is 24.3 Å². The largest absolute Gasteiger partial charge is 0.392 e. The highest BCUT2D eigenvalue weighted by molar-refractivity contribution is 6.33. The predicted molar refractivity (Wildman–Crippen MR) is 74.0 cm³/mol. The summed E-state index contributed by atoms with van der Waals surface area (Å²) in [5.74, 6) is -0.162. The van der Waals surface area contributed by atoms with Gasteiger partial charge in [0.25, 0.3) is 5.91 Å². The quantitative estimate of drug-likeness (QED) is 0.801. The Balaban J connectivity index is 2.18. The Labute approximate surface area is 115 Å². The molecule has 0 spiro atoms. The van der Waals surface area contributed by atoms with Crippen LogP contribution in [-0.2, 0) is 6.61 Å². The van der Waals surface area contributed by atoms with Crippen LogP contribution in [0.25, 0.3) is 0 Å². The van der Waals surface area contributed by atoms with Gasteiger partial charge in [-0.3, -0.25) is 4.79 Å². The number of nitrogens with two attached hydrogens (primary N) is 1. The van der Waals surface area contributed by atoms with Crippen molar-refractivity contribution in [1.82, 2.24) is 4.98 Å². The summed E-state index contributed by atoms with van der Waals surface area (Å²) in [4.78, 5) is 15.8. The van der Waals surface area contributed by atoms with Gasteiger partial charge in [-0.2, -0.15) is 0 Å². The number of aromatic nitrogens is 1. The number of nitrogen functional groups attached to an aromatic ring is 1. The van der Waals surface area contributed by atoms with E-state index in [9.17, 15) is 4.79 Å². The normalized spacial score (nSPS) is 10.2. The number of pyridine rings is 1. The van der Waals surface area contributed by atoms with Crippen molar-refractivity contribution in [2.24, 2.45) is 0 Å². The average Bonchev–Trinajstić information content (AvgIpc) is 2.42. The Morgan fingerprint density at radius 2 is 2.21 bits per heavy atom. The van der Waals surface area contributed by atoms with Crippen molar-refractivity contribution in [3.63, 3.8) is 0 Å². The molecule has 0 fully saturated rings. The first-order valence-corrected chi connectivity index (χ1v) is 5.90. The molecule has 0 bridgehead atoms. The first-order valence-electron chi connectivity index (χ1n) is 5.52. The Bertz CT molecular complexity index is 617. The molecule has 4 N–H and O–H groups in total. The van der Waals surface area contributed by atoms with Crippen molar-refractivity contribution >= 4 is 29.0 Å². The maximum atomic E-state index is 12.0. The van der Waals surface area contributed by atoms with Gasteiger partial charge in [0.2, 0.25) is 0 Å². The minimum Gasteiger partial charge on any atom is -0.392 e. The highest BCUT2D eigenvalue weighted by atomic mass is 35.5. The number of rotatable bonds is 3. The topological polar surface area (TPSA) is 88.2 Å². The summed E-state index contributed by atoms with van der Waals surface area (Å²) >= 11 is 5.81. The molecule has 0 atom stereocenters. The minimum absolute atomic E-state index is 0.0844. The summed E-state index contributed by atoms with van der Waals surface area (Å²) in [6.07, 6.45) is 1.35. The minimum atomic E-state index is -0.343. The lowest BCUT2D eigenvalue weighted by atomic mass is 10.2. The standard InChI is InChI=1S/C13H12ClN3O2/c14-11-5-9(6-16-12(11)15)13(19)17-10-3-1-2-8(4-10)7-18/h1-6,18H,7H2,(H2,15,16)(H,17,19). The molecule has 1 amide bonds. The second-order valence-corrected chi connectivity index (χ2v) is 4.31. The van der Waals surface area contributed by atoms with Gasteiger partial charge in [0.15, 0.2) is 0 Å². The molecule has 0 aliphatic heterocycles. The van der Waals surface area contributed by atoms with Crippen LogP contribution in [0.2, 0.25) is 5.02 Å². The third-order valence-electron chi connectivity index (χ3n) is 2.50. The zero-order valence-corrected chi connectivity index (χ0v) is 10.7. The molecule has 5 nitrogen and oxygen atoms in total. The first kappa shape index (κ1) is 13.3. The fraction of sp³-hybridized carbons (Fsp3) is 0.0769. The van der Waals surface area contributed by atoms with Crippen LogP contribution in [0.1, 0.15) is 15.9 Å². The third-order valence-corrected chi connectivity index (χ3v) is 2.80. The fourth-order valence-corrected chi connectivity index (χ4v) is 1.69. The Morgan fingerprint density at radius 3 is 2.89 bits per heavy atom. The summed E-state index contributed by atoms with van der Waals surface area (Å²) in [7, 11) is 0. The van der Waals surface area contributed by atoms with Crippen LogP contribution in [0.5, 0.6) is 0 Å². The van der Waals surface area contributed by atoms with Gasteiger partial charge in [-0.25, -0.2) is 4.98 Å². The number of hydrogen-bond acceptors (Lipinski definition) is 4. The molecule has 1 aromatic heterocycles. The van der Waals surface area contributed by atoms with E-state index < -0.39 is 0 Å². The lowest BCUT2D eigenvalue weighted by molar-refractivity contribution is 0.102. The van der Waals surface area contributed by atoms with Crippen molar-refractivity contribution in [2.75, 3.05) is 11.1 Å². The smallest absolute Gasteiger partial charge is 0.257 e. The van der Waals surface area contributed by atoms with E-state index in [2.05, 4.69) is 10.3 Å². The lowest BCUT2D eigenvalue weighted by Gasteiger charge is -2.07. The van der Waals surface area contributed by atoms with Gasteiger partial charge in [0.05, 0.1) is 17.2 Å². The molecule has 2 rings (SSSR count). The summed E-state index contributed by atoms with van der Waals surface area (Å²) < 4.78 is 0. The average molecular weight is 278 g/mol. The van der Waals surface area contributed by atoms with Crippen LogP contribution in [-0.4, -0.2) is 16.0 Å². The van der Waals surface area contributed by atoms with Crippen LogP contribution >= 0.6 is 11.6 Å². The van der Waals surface area contributed by atoms with Crippen molar-refractivity contribution in [2.45, 2.75) is 6.61 Å². The number of benzene rings is 1. The number of carbonyl (C=O) groups excluding carboxylic acids is 1. The molecule has 1 heterocycles. The molecule has 98 valence electrons. The van der Waals surface area contributed by atoms with Crippen LogP contribution in [0.3, 0.4) is 0 Å². The summed E-state index contributed by atoms with van der Waals surface area (Å²) in [6, 6.07) is 8.37. The van der Waals surface area contributed by atoms with Gasteiger partial charge >= 0.3 is 0 Å². The molecule has 0 aliphatic carbocycles. The van der Waals surface area contributed by atoms with Crippen LogP contribution in [0.4, 0.5) is 11.5 Å². The van der Waals surface area contributed by atoms with Gasteiger partial charge in [-0.1, -0.05) is 23.7 Å². The maximum Gasteiger partial charge on any atom is 0.257 e. The van der Waals surface area contributed by atoms with E-state index in [1.165, 1.54) is 12.3 Å². The molecule has 0 saturated carbocycles. The first-order chi connectivity index (χ1) is 9.10. The van der Waals surface area contributed by atoms with Crippen LogP contribution in [0.15, 0.2) is 36.5 Å². The fourth-order valence-electron chi connectivity index (χ4n) is 1.52. The predicted octanol–water partition coefficient (Wildman–Crippen LogP) is 2.06. The number of aliphatic hydroxyl groups excluding tert-OH is 1. The van der Waals surface area contributed by atoms with Gasteiger partial charge < -0.3 is 16.2 Å². The van der Waals surface area contributed by atoms with Gasteiger partial charge in [-0.05, 0) is 23.8 Å². The van der Waals surface area contributed by atoms with Gasteiger partial charge in [0, 0.05) is 11.9 Å². The number of anilines is 2. The molecule has 0 unspecified atom stereocenters. The van der Waals surface area contributed by atoms with Crippen molar-refractivity contribution in [3.05, 3.63) is 52.7 Å². The Morgan fingerprint density at radius 1 is 1.42 bits per heavy atom. The van der Waals surface area contributed by atoms with Crippen molar-refractivity contribution in [1.29, 1.82) is 0 Å². The molecule has 0 saturated heterocycles. The number of nitrogens with zero attached hydrogens (tertiary/aromatic N) is 1. The number of halogens is 1. The Hall–Kier alpha value is -2.11. The number of aliphatic hydroxyl groups is 1. The van der Waals surface area contributed by atoms with E-state index in [0.717, 1.165) is 0 Å². The third kappa shape index (κ3) is 3.21. The number of nitrogens with one attached hydrogen (secondary N) is 1. The summed E-state index contributed by atoms with van der Waals surface area (Å²) in [6.45, 7) is -0.0844. The second kappa shape index (κ2) is 5.69. The highest BCUT2D eigenvalue weighted by Gasteiger charge is 2.09. The zero-order chi connectivity index (χ0) is 13.8. The lowest BCUT2D eigenvalue weighted by Crippen LogP contribution is -2.12. The van der Waals surface area contributed by atoms with Crippen LogP contribution < -0.4 is 11.1 Å². The number of amides is 1. The highest BCUT2D eigenvalue weighted by Crippen LogP contribution is 2.18. The zero-order valence-electron chi connectivity index (χ0n) is 9.93. The molecular formula is C13H12ClN3O2. The molecule has 6 heteroatoms. The van der Waals surface area contributed by atoms with Crippen LogP contribution in [0, 0.1) is 0 Å². The monoisotopic (exact) mass is 277 g/mol. The summed E-state index contributed by atoms with van der Waals surface area (Å²) in [5, 5.41) is 11.9. The van der Waals surface area contributed by atoms with E-state index in [-0.39, 0.29) is 23.4 Å². The van der Waals surface area contributed by atoms with Gasteiger partial charge in [-0.15, -0.1) is 0 Å². The molecular weight excluding hydrogens is 266 g/mol. The molecule has 0 radical (unpaired) electrons. The van der Waals surface area contributed by atoms with Crippen molar-refractivity contribution in [3.8, 4) is 0 Å². The maximum absolute atomic E-state index is 12.0. The second-order valence-electron chi connectivity index (χ2n) is 3.90. The molecule has 0 aliphatic rings. The van der Waals surface area contributed by atoms with E-state index in [0.29, 0.717) is 16.8 Å². The summed E-state index contributed by atoms with van der Waals surface area (Å²) in [5.41, 5.74) is 7.09.